The smallest absolute Gasteiger partial charge is 0.254 e. The minimum atomic E-state index is -0.237. The number of ether oxygens (including phenoxy) is 2. The number of nitrogens with zero attached hydrogens (tertiary/aromatic N) is 1. The van der Waals surface area contributed by atoms with E-state index in [1.54, 1.807) is 0 Å². The maximum Gasteiger partial charge on any atom is 0.254 e. The van der Waals surface area contributed by atoms with Crippen LogP contribution in [0.2, 0.25) is 0 Å². The third-order valence-electron chi connectivity index (χ3n) is 4.92. The fourth-order valence-electron chi connectivity index (χ4n) is 3.50. The number of carbonyl (C=O) groups is 2. The van der Waals surface area contributed by atoms with Crippen LogP contribution in [0.5, 0.6) is 11.5 Å². The molecule has 0 fully saturated rings. The molecule has 0 unspecified atom stereocenters. The van der Waals surface area contributed by atoms with Crippen molar-refractivity contribution in [3.8, 4) is 11.5 Å². The Bertz CT molecular complexity index is 692. The second kappa shape index (κ2) is 8.39. The van der Waals surface area contributed by atoms with E-state index in [4.69, 9.17) is 9.47 Å². The Hall–Kier alpha value is -2.30. The summed E-state index contributed by atoms with van der Waals surface area (Å²) in [7, 11) is 0. The van der Waals surface area contributed by atoms with E-state index in [1.165, 1.54) is 17.1 Å². The maximum absolute atomic E-state index is 12.1. The highest BCUT2D eigenvalue weighted by atomic mass is 16.5. The van der Waals surface area contributed by atoms with Gasteiger partial charge in [0.1, 0.15) is 11.5 Å². The lowest BCUT2D eigenvalue weighted by Gasteiger charge is -2.23. The molecule has 1 heterocycles. The van der Waals surface area contributed by atoms with Gasteiger partial charge in [-0.25, -0.2) is 0 Å². The number of amides is 2. The molecule has 1 aromatic rings. The first kappa shape index (κ1) is 18.5. The normalized spacial score (nSPS) is 18.5. The quantitative estimate of drug-likeness (QED) is 0.496. The molecule has 0 saturated heterocycles. The molecule has 5 heteroatoms. The summed E-state index contributed by atoms with van der Waals surface area (Å²) in [5.41, 5.74) is 2.08. The van der Waals surface area contributed by atoms with Crippen molar-refractivity contribution in [2.75, 3.05) is 13.2 Å². The minimum absolute atomic E-state index is 0.233. The Morgan fingerprint density at radius 1 is 1.00 bits per heavy atom. The lowest BCUT2D eigenvalue weighted by Crippen LogP contribution is -2.33. The predicted octanol–water partition coefficient (Wildman–Crippen LogP) is 3.96. The fourth-order valence-corrected chi connectivity index (χ4v) is 3.50. The highest BCUT2D eigenvalue weighted by Gasteiger charge is 2.37. The van der Waals surface area contributed by atoms with Crippen molar-refractivity contribution in [2.45, 2.75) is 58.4 Å². The Kier molecular flexibility index (Phi) is 5.96. The van der Waals surface area contributed by atoms with Gasteiger partial charge < -0.3 is 9.47 Å². The first-order chi connectivity index (χ1) is 12.7. The molecule has 1 aliphatic carbocycles. The van der Waals surface area contributed by atoms with Crippen molar-refractivity contribution in [1.29, 1.82) is 0 Å². The number of unbranched alkanes of at least 4 members (excludes halogenated alkanes) is 2. The van der Waals surface area contributed by atoms with Gasteiger partial charge in [-0.3, -0.25) is 14.5 Å². The number of imide groups is 1. The lowest BCUT2D eigenvalue weighted by atomic mass is 10.1. The zero-order valence-corrected chi connectivity index (χ0v) is 15.6. The van der Waals surface area contributed by atoms with E-state index in [1.807, 2.05) is 12.1 Å². The molecule has 140 valence electrons. The van der Waals surface area contributed by atoms with E-state index in [2.05, 4.69) is 13.8 Å². The van der Waals surface area contributed by atoms with E-state index in [0.717, 1.165) is 61.2 Å². The van der Waals surface area contributed by atoms with Crippen LogP contribution >= 0.6 is 0 Å². The van der Waals surface area contributed by atoms with Crippen LogP contribution in [-0.4, -0.2) is 29.9 Å². The Morgan fingerprint density at radius 2 is 1.65 bits per heavy atom. The molecule has 1 aliphatic heterocycles. The number of hydrogen-bond acceptors (Lipinski definition) is 4. The molecule has 0 saturated carbocycles. The summed E-state index contributed by atoms with van der Waals surface area (Å²) >= 11 is 0. The highest BCUT2D eigenvalue weighted by Crippen LogP contribution is 2.44. The number of rotatable bonds is 9. The molecular weight excluding hydrogens is 330 g/mol. The SMILES string of the molecule is CCCCOc1cc(OCCCC)c2c(c1)[C@@H](N1C(=O)C=CC1=O)CC2. The van der Waals surface area contributed by atoms with Crippen molar-refractivity contribution in [3.63, 3.8) is 0 Å². The Balaban J connectivity index is 1.89. The average molecular weight is 357 g/mol. The van der Waals surface area contributed by atoms with Crippen LogP contribution in [0.1, 0.15) is 63.1 Å². The molecule has 0 spiro atoms. The number of carbonyl (C=O) groups excluding carboxylic acids is 2. The topological polar surface area (TPSA) is 55.8 Å². The van der Waals surface area contributed by atoms with Crippen LogP contribution in [0.4, 0.5) is 0 Å². The second-order valence-electron chi connectivity index (χ2n) is 6.83. The number of hydrogen-bond donors (Lipinski definition) is 0. The van der Waals surface area contributed by atoms with Crippen molar-refractivity contribution in [3.05, 3.63) is 35.4 Å². The van der Waals surface area contributed by atoms with E-state index >= 15 is 0 Å². The van der Waals surface area contributed by atoms with Gasteiger partial charge in [0.2, 0.25) is 0 Å². The first-order valence-electron chi connectivity index (χ1n) is 9.63. The summed E-state index contributed by atoms with van der Waals surface area (Å²) in [4.78, 5) is 25.6. The van der Waals surface area contributed by atoms with Crippen molar-refractivity contribution in [1.82, 2.24) is 4.90 Å². The van der Waals surface area contributed by atoms with E-state index in [0.29, 0.717) is 13.2 Å². The Morgan fingerprint density at radius 3 is 2.31 bits per heavy atom. The second-order valence-corrected chi connectivity index (χ2v) is 6.83. The van der Waals surface area contributed by atoms with Gasteiger partial charge in [0.15, 0.2) is 0 Å². The molecule has 0 N–H and O–H groups in total. The average Bonchev–Trinajstić information content (AvgIpc) is 3.18. The van der Waals surface area contributed by atoms with Crippen LogP contribution in [0.15, 0.2) is 24.3 Å². The molecule has 26 heavy (non-hydrogen) atoms. The summed E-state index contributed by atoms with van der Waals surface area (Å²) in [5, 5.41) is 0. The highest BCUT2D eigenvalue weighted by molar-refractivity contribution is 6.13. The standard InChI is InChI=1S/C21H27NO4/c1-3-5-11-25-15-13-17-16(19(14-15)26-12-6-4-2)7-8-18(17)22-20(23)9-10-21(22)24/h9-10,13-14,18H,3-8,11-12H2,1-2H3/t18-/m0/s1. The van der Waals surface area contributed by atoms with Crippen molar-refractivity contribution >= 4 is 11.8 Å². The molecule has 1 atom stereocenters. The first-order valence-corrected chi connectivity index (χ1v) is 9.63. The maximum atomic E-state index is 12.1. The van der Waals surface area contributed by atoms with Crippen molar-refractivity contribution < 1.29 is 19.1 Å². The van der Waals surface area contributed by atoms with E-state index < -0.39 is 0 Å². The molecular formula is C21H27NO4. The molecule has 5 nitrogen and oxygen atoms in total. The van der Waals surface area contributed by atoms with Gasteiger partial charge in [-0.05, 0) is 42.9 Å². The summed E-state index contributed by atoms with van der Waals surface area (Å²) in [5.74, 6) is 1.11. The Labute approximate surface area is 155 Å². The fraction of sp³-hybridized carbons (Fsp3) is 0.524. The minimum Gasteiger partial charge on any atom is -0.493 e. The van der Waals surface area contributed by atoms with Gasteiger partial charge in [0.25, 0.3) is 11.8 Å². The van der Waals surface area contributed by atoms with E-state index in [9.17, 15) is 9.59 Å². The molecule has 1 aromatic carbocycles. The summed E-state index contributed by atoms with van der Waals surface area (Å²) < 4.78 is 11.9. The summed E-state index contributed by atoms with van der Waals surface area (Å²) in [6, 6.07) is 3.70. The lowest BCUT2D eigenvalue weighted by molar-refractivity contribution is -0.139. The van der Waals surface area contributed by atoms with Crippen LogP contribution in [0.25, 0.3) is 0 Å². The molecule has 0 radical (unpaired) electrons. The number of fused-ring (bicyclic) bond motifs is 1. The van der Waals surface area contributed by atoms with Crippen molar-refractivity contribution in [2.24, 2.45) is 0 Å². The zero-order valence-electron chi connectivity index (χ0n) is 15.6. The molecule has 2 aliphatic rings. The van der Waals surface area contributed by atoms with Crippen LogP contribution in [-0.2, 0) is 16.0 Å². The van der Waals surface area contributed by atoms with Crippen LogP contribution in [0.3, 0.4) is 0 Å². The monoisotopic (exact) mass is 357 g/mol. The summed E-state index contributed by atoms with van der Waals surface area (Å²) in [6.45, 7) is 5.57. The zero-order chi connectivity index (χ0) is 18.5. The van der Waals surface area contributed by atoms with Gasteiger partial charge in [0, 0.05) is 18.2 Å². The predicted molar refractivity (Wildman–Crippen MR) is 99.3 cm³/mol. The molecule has 2 amide bonds. The molecule has 3 rings (SSSR count). The van der Waals surface area contributed by atoms with E-state index in [-0.39, 0.29) is 17.9 Å². The van der Waals surface area contributed by atoms with Gasteiger partial charge >= 0.3 is 0 Å². The summed E-state index contributed by atoms with van der Waals surface area (Å²) in [6.07, 6.45) is 8.34. The van der Waals surface area contributed by atoms with Gasteiger partial charge in [0.05, 0.1) is 19.3 Å². The van der Waals surface area contributed by atoms with Gasteiger partial charge in [-0.1, -0.05) is 26.7 Å². The third kappa shape index (κ3) is 3.76. The van der Waals surface area contributed by atoms with Gasteiger partial charge in [-0.2, -0.15) is 0 Å². The van der Waals surface area contributed by atoms with Crippen LogP contribution in [0, 0.1) is 0 Å². The van der Waals surface area contributed by atoms with Gasteiger partial charge in [-0.15, -0.1) is 0 Å². The number of benzene rings is 1. The molecule has 0 bridgehead atoms. The molecule has 0 aromatic heterocycles. The third-order valence-corrected chi connectivity index (χ3v) is 4.92. The largest absolute Gasteiger partial charge is 0.493 e. The van der Waals surface area contributed by atoms with Crippen LogP contribution < -0.4 is 9.47 Å².